The van der Waals surface area contributed by atoms with Crippen LogP contribution < -0.4 is 0 Å². The summed E-state index contributed by atoms with van der Waals surface area (Å²) in [6, 6.07) is 17.8. The van der Waals surface area contributed by atoms with Crippen LogP contribution in [0.25, 0.3) is 43.4 Å². The van der Waals surface area contributed by atoms with E-state index in [1.54, 1.807) is 0 Å². The number of hydrogen-bond donors (Lipinski definition) is 0. The Morgan fingerprint density at radius 2 is 0.933 bits per heavy atom. The van der Waals surface area contributed by atoms with Crippen molar-refractivity contribution >= 4 is 43.4 Å². The largest absolute Gasteiger partial charge is 0.256 e. The average Bonchev–Trinajstić information content (AvgIpc) is 2.69. The SMILES string of the molecule is CC(C)(C)c1ccnc2c1ccc1cc3ccc4c(C(C)(C)C)ccnc4c3cc12. The Morgan fingerprint density at radius 3 is 1.33 bits per heavy atom. The number of fused-ring (bicyclic) bond motifs is 6. The van der Waals surface area contributed by atoms with Gasteiger partial charge in [-0.25, -0.2) is 0 Å². The lowest BCUT2D eigenvalue weighted by Gasteiger charge is -2.22. The highest BCUT2D eigenvalue weighted by Crippen LogP contribution is 2.37. The van der Waals surface area contributed by atoms with Crippen LogP contribution >= 0.6 is 0 Å². The summed E-state index contributed by atoms with van der Waals surface area (Å²) >= 11 is 0. The molecule has 150 valence electrons. The molecule has 0 saturated carbocycles. The highest BCUT2D eigenvalue weighted by atomic mass is 14.7. The molecule has 0 N–H and O–H groups in total. The van der Waals surface area contributed by atoms with Crippen LogP contribution in [0.3, 0.4) is 0 Å². The first-order chi connectivity index (χ1) is 14.1. The number of aromatic nitrogens is 2. The molecule has 5 aromatic rings. The minimum atomic E-state index is 0.0710. The second-order valence-electron chi connectivity index (χ2n) is 10.4. The van der Waals surface area contributed by atoms with E-state index in [1.165, 1.54) is 43.4 Å². The molecule has 30 heavy (non-hydrogen) atoms. The highest BCUT2D eigenvalue weighted by Gasteiger charge is 2.20. The summed E-state index contributed by atoms with van der Waals surface area (Å²) < 4.78 is 0. The molecule has 5 rings (SSSR count). The zero-order valence-corrected chi connectivity index (χ0v) is 18.7. The third-order valence-corrected chi connectivity index (χ3v) is 6.19. The van der Waals surface area contributed by atoms with Crippen LogP contribution in [-0.2, 0) is 10.8 Å². The van der Waals surface area contributed by atoms with Crippen molar-refractivity contribution in [2.45, 2.75) is 52.4 Å². The van der Waals surface area contributed by atoms with Gasteiger partial charge in [0.05, 0.1) is 11.0 Å². The summed E-state index contributed by atoms with van der Waals surface area (Å²) in [5.74, 6) is 0. The topological polar surface area (TPSA) is 25.8 Å². The first-order valence-corrected chi connectivity index (χ1v) is 10.7. The number of benzene rings is 3. The first kappa shape index (κ1) is 19.0. The highest BCUT2D eigenvalue weighted by molar-refractivity contribution is 6.16. The second kappa shape index (κ2) is 6.25. The molecule has 0 radical (unpaired) electrons. The Bertz CT molecular complexity index is 1340. The van der Waals surface area contributed by atoms with E-state index in [9.17, 15) is 0 Å². The lowest BCUT2D eigenvalue weighted by molar-refractivity contribution is 0.595. The van der Waals surface area contributed by atoms with Gasteiger partial charge in [-0.05, 0) is 57.0 Å². The van der Waals surface area contributed by atoms with Crippen molar-refractivity contribution < 1.29 is 0 Å². The summed E-state index contributed by atoms with van der Waals surface area (Å²) in [7, 11) is 0. The van der Waals surface area contributed by atoms with Crippen LogP contribution in [0.4, 0.5) is 0 Å². The maximum absolute atomic E-state index is 4.81. The molecule has 0 unspecified atom stereocenters. The van der Waals surface area contributed by atoms with Crippen molar-refractivity contribution in [1.29, 1.82) is 0 Å². The Hall–Kier alpha value is -3.00. The van der Waals surface area contributed by atoms with Crippen LogP contribution in [-0.4, -0.2) is 9.97 Å². The Balaban J connectivity index is 1.92. The molecule has 2 heterocycles. The van der Waals surface area contributed by atoms with Crippen molar-refractivity contribution in [2.75, 3.05) is 0 Å². The smallest absolute Gasteiger partial charge is 0.0783 e. The lowest BCUT2D eigenvalue weighted by Crippen LogP contribution is -2.12. The van der Waals surface area contributed by atoms with Crippen LogP contribution in [0, 0.1) is 0 Å². The molecular formula is C28H28N2. The van der Waals surface area contributed by atoms with Gasteiger partial charge in [0.1, 0.15) is 0 Å². The molecule has 0 spiro atoms. The monoisotopic (exact) mass is 392 g/mol. The van der Waals surface area contributed by atoms with E-state index in [2.05, 4.69) is 90.1 Å². The van der Waals surface area contributed by atoms with Gasteiger partial charge in [-0.3, -0.25) is 9.97 Å². The molecule has 0 bridgehead atoms. The van der Waals surface area contributed by atoms with Crippen molar-refractivity contribution in [3.05, 3.63) is 72.1 Å². The minimum Gasteiger partial charge on any atom is -0.256 e. The molecule has 0 atom stereocenters. The van der Waals surface area contributed by atoms with Gasteiger partial charge in [0.2, 0.25) is 0 Å². The van der Waals surface area contributed by atoms with E-state index < -0.39 is 0 Å². The molecule has 0 fully saturated rings. The zero-order valence-electron chi connectivity index (χ0n) is 18.7. The fourth-order valence-corrected chi connectivity index (χ4v) is 4.69. The Kier molecular flexibility index (Phi) is 3.96. The summed E-state index contributed by atoms with van der Waals surface area (Å²) in [6.07, 6.45) is 3.90. The van der Waals surface area contributed by atoms with E-state index in [4.69, 9.17) is 9.97 Å². The quantitative estimate of drug-likeness (QED) is 0.199. The molecule has 0 saturated heterocycles. The van der Waals surface area contributed by atoms with Crippen LogP contribution in [0.1, 0.15) is 52.7 Å². The number of hydrogen-bond acceptors (Lipinski definition) is 2. The third-order valence-electron chi connectivity index (χ3n) is 6.19. The second-order valence-corrected chi connectivity index (χ2v) is 10.4. The van der Waals surface area contributed by atoms with Crippen LogP contribution in [0.15, 0.2) is 60.9 Å². The molecule has 0 aliphatic carbocycles. The van der Waals surface area contributed by atoms with Gasteiger partial charge in [0, 0.05) is 33.9 Å². The van der Waals surface area contributed by atoms with Gasteiger partial charge in [-0.2, -0.15) is 0 Å². The summed E-state index contributed by atoms with van der Waals surface area (Å²) in [6.45, 7) is 13.6. The van der Waals surface area contributed by atoms with E-state index in [1.807, 2.05) is 12.4 Å². The van der Waals surface area contributed by atoms with Gasteiger partial charge in [0.25, 0.3) is 0 Å². The van der Waals surface area contributed by atoms with Gasteiger partial charge in [-0.1, -0.05) is 65.8 Å². The fourth-order valence-electron chi connectivity index (χ4n) is 4.69. The maximum atomic E-state index is 4.81. The van der Waals surface area contributed by atoms with Gasteiger partial charge in [-0.15, -0.1) is 0 Å². The van der Waals surface area contributed by atoms with Crippen LogP contribution in [0.2, 0.25) is 0 Å². The molecule has 2 nitrogen and oxygen atoms in total. The molecule has 3 aromatic carbocycles. The predicted octanol–water partition coefficient (Wildman–Crippen LogP) is 7.68. The van der Waals surface area contributed by atoms with E-state index in [0.717, 1.165) is 11.0 Å². The van der Waals surface area contributed by atoms with E-state index in [-0.39, 0.29) is 10.8 Å². The van der Waals surface area contributed by atoms with Gasteiger partial charge >= 0.3 is 0 Å². The molecule has 2 aromatic heterocycles. The predicted molar refractivity (Wildman–Crippen MR) is 129 cm³/mol. The fraction of sp³-hybridized carbons (Fsp3) is 0.286. The molecule has 0 aliphatic heterocycles. The number of rotatable bonds is 0. The summed E-state index contributed by atoms with van der Waals surface area (Å²) in [5.41, 5.74) is 4.96. The van der Waals surface area contributed by atoms with Gasteiger partial charge < -0.3 is 0 Å². The van der Waals surface area contributed by atoms with Crippen LogP contribution in [0.5, 0.6) is 0 Å². The molecule has 2 heteroatoms. The first-order valence-electron chi connectivity index (χ1n) is 10.7. The lowest BCUT2D eigenvalue weighted by atomic mass is 9.83. The average molecular weight is 393 g/mol. The standard InChI is InChI=1S/C28H28N2/c1-27(2,3)23-11-13-29-25-19(23)9-7-17-15-18-8-10-20-24(28(4,5)6)12-14-30-26(20)22(18)16-21(17)25/h7-16H,1-6H3. The number of nitrogens with zero attached hydrogens (tertiary/aromatic N) is 2. The van der Waals surface area contributed by atoms with E-state index >= 15 is 0 Å². The van der Waals surface area contributed by atoms with Gasteiger partial charge in [0.15, 0.2) is 0 Å². The molecular weight excluding hydrogens is 364 g/mol. The maximum Gasteiger partial charge on any atom is 0.0783 e. The minimum absolute atomic E-state index is 0.0710. The molecule has 0 amide bonds. The summed E-state index contributed by atoms with van der Waals surface area (Å²) in [4.78, 5) is 9.61. The Morgan fingerprint density at radius 1 is 0.500 bits per heavy atom. The third kappa shape index (κ3) is 2.86. The summed E-state index contributed by atoms with van der Waals surface area (Å²) in [5, 5.41) is 7.31. The van der Waals surface area contributed by atoms with Crippen molar-refractivity contribution in [1.82, 2.24) is 9.97 Å². The Labute approximate surface area is 178 Å². The normalized spacial score (nSPS) is 13.0. The van der Waals surface area contributed by atoms with Crippen molar-refractivity contribution in [2.24, 2.45) is 0 Å². The van der Waals surface area contributed by atoms with Crippen molar-refractivity contribution in [3.8, 4) is 0 Å². The van der Waals surface area contributed by atoms with Crippen molar-refractivity contribution in [3.63, 3.8) is 0 Å². The van der Waals surface area contributed by atoms with E-state index in [0.29, 0.717) is 0 Å². The molecule has 0 aliphatic rings. The number of pyridine rings is 2. The zero-order chi connectivity index (χ0) is 21.3.